The standard InChI is InChI=1S/C58H35N3O/c1-2-16-36(17-3-1)55-59-56(61-57(60-55)46-25-7-5-19-40(46)38-31-33-54-48(35-38)44-23-11-15-29-53(44)62-54)45-24-6-4-18-39(45)37-30-32-52-47(34-37)43-22-10-14-28-51(43)58(52)49-26-12-8-20-41(49)42-21-9-13-27-50(42)58/h1-35H. The van der Waals surface area contributed by atoms with Crippen LogP contribution in [-0.2, 0) is 5.41 Å². The Hall–Kier alpha value is -8.21. The third kappa shape index (κ3) is 4.98. The Balaban J connectivity index is 0.990. The van der Waals surface area contributed by atoms with Crippen molar-refractivity contribution in [2.45, 2.75) is 5.41 Å². The van der Waals surface area contributed by atoms with E-state index in [4.69, 9.17) is 19.4 Å². The summed E-state index contributed by atoms with van der Waals surface area (Å²) in [6.07, 6.45) is 0. The third-order valence-electron chi connectivity index (χ3n) is 13.0. The smallest absolute Gasteiger partial charge is 0.164 e. The minimum Gasteiger partial charge on any atom is -0.456 e. The van der Waals surface area contributed by atoms with Crippen molar-refractivity contribution in [3.63, 3.8) is 0 Å². The molecule has 2 heterocycles. The van der Waals surface area contributed by atoms with Crippen LogP contribution in [0.5, 0.6) is 0 Å². The van der Waals surface area contributed by atoms with Crippen molar-refractivity contribution in [1.82, 2.24) is 15.0 Å². The van der Waals surface area contributed by atoms with Crippen LogP contribution in [0, 0.1) is 0 Å². The van der Waals surface area contributed by atoms with Crippen LogP contribution in [0.25, 0.3) is 101 Å². The van der Waals surface area contributed by atoms with Gasteiger partial charge in [0.15, 0.2) is 17.5 Å². The largest absolute Gasteiger partial charge is 0.456 e. The van der Waals surface area contributed by atoms with Gasteiger partial charge < -0.3 is 4.42 Å². The van der Waals surface area contributed by atoms with Crippen LogP contribution in [0.15, 0.2) is 217 Å². The molecule has 13 rings (SSSR count). The fourth-order valence-electron chi connectivity index (χ4n) is 10.4. The van der Waals surface area contributed by atoms with Gasteiger partial charge in [0.1, 0.15) is 11.2 Å². The molecule has 0 atom stereocenters. The number of fused-ring (bicyclic) bond motifs is 13. The Bertz CT molecular complexity index is 3560. The molecule has 4 heteroatoms. The SMILES string of the molecule is c1ccc(-c2nc(-c3ccccc3-c3ccc4c(c3)-c3ccccc3C43c4ccccc4-c4ccccc43)nc(-c3ccccc3-c3ccc4oc5ccccc5c4c3)n2)cc1. The van der Waals surface area contributed by atoms with Gasteiger partial charge in [-0.2, -0.15) is 0 Å². The first kappa shape index (κ1) is 34.6. The van der Waals surface area contributed by atoms with Crippen molar-refractivity contribution in [2.24, 2.45) is 0 Å². The Morgan fingerprint density at radius 1 is 0.274 bits per heavy atom. The predicted octanol–water partition coefficient (Wildman–Crippen LogP) is 14.4. The Morgan fingerprint density at radius 2 is 0.710 bits per heavy atom. The zero-order valence-electron chi connectivity index (χ0n) is 33.5. The van der Waals surface area contributed by atoms with Gasteiger partial charge in [0.25, 0.3) is 0 Å². The lowest BCUT2D eigenvalue weighted by molar-refractivity contribution is 0.669. The van der Waals surface area contributed by atoms with Crippen molar-refractivity contribution in [3.8, 4) is 78.7 Å². The minimum atomic E-state index is -0.395. The number of hydrogen-bond donors (Lipinski definition) is 0. The van der Waals surface area contributed by atoms with Gasteiger partial charge in [-0.1, -0.05) is 188 Å². The Kier molecular flexibility index (Phi) is 7.49. The van der Waals surface area contributed by atoms with E-state index in [2.05, 4.69) is 182 Å². The number of nitrogens with zero attached hydrogens (tertiary/aromatic N) is 3. The summed E-state index contributed by atoms with van der Waals surface area (Å²) in [5.74, 6) is 1.85. The van der Waals surface area contributed by atoms with Crippen molar-refractivity contribution in [2.75, 3.05) is 0 Å². The maximum Gasteiger partial charge on any atom is 0.164 e. The first-order chi connectivity index (χ1) is 30.7. The number of rotatable bonds is 5. The zero-order chi connectivity index (χ0) is 40.8. The fourth-order valence-corrected chi connectivity index (χ4v) is 10.4. The maximum absolute atomic E-state index is 6.20. The highest BCUT2D eigenvalue weighted by Gasteiger charge is 2.51. The zero-order valence-corrected chi connectivity index (χ0v) is 33.5. The number of benzene rings is 9. The average Bonchev–Trinajstić information content (AvgIpc) is 3.98. The number of hydrogen-bond acceptors (Lipinski definition) is 4. The van der Waals surface area contributed by atoms with Gasteiger partial charge in [-0.25, -0.2) is 15.0 Å². The summed E-state index contributed by atoms with van der Waals surface area (Å²) >= 11 is 0. The van der Waals surface area contributed by atoms with E-state index in [1.54, 1.807) is 0 Å². The molecule has 11 aromatic rings. The van der Waals surface area contributed by atoms with Crippen molar-refractivity contribution in [1.29, 1.82) is 0 Å². The molecule has 2 aliphatic rings. The van der Waals surface area contributed by atoms with E-state index in [-0.39, 0.29) is 0 Å². The Labute approximate surface area is 358 Å². The van der Waals surface area contributed by atoms with Crippen LogP contribution in [0.2, 0.25) is 0 Å². The molecule has 2 aliphatic carbocycles. The predicted molar refractivity (Wildman–Crippen MR) is 251 cm³/mol. The normalized spacial score (nSPS) is 13.0. The molecule has 1 spiro atoms. The number of para-hydroxylation sites is 1. The molecule has 0 bridgehead atoms. The van der Waals surface area contributed by atoms with Crippen LogP contribution in [0.4, 0.5) is 0 Å². The van der Waals surface area contributed by atoms with Crippen LogP contribution in [0.1, 0.15) is 22.3 Å². The second kappa shape index (κ2) is 13.4. The monoisotopic (exact) mass is 789 g/mol. The highest BCUT2D eigenvalue weighted by atomic mass is 16.3. The second-order valence-electron chi connectivity index (χ2n) is 16.2. The van der Waals surface area contributed by atoms with Crippen molar-refractivity contribution in [3.05, 3.63) is 235 Å². The maximum atomic E-state index is 6.20. The summed E-state index contributed by atoms with van der Waals surface area (Å²) in [7, 11) is 0. The molecule has 4 nitrogen and oxygen atoms in total. The summed E-state index contributed by atoms with van der Waals surface area (Å²) in [4.78, 5) is 15.8. The summed E-state index contributed by atoms with van der Waals surface area (Å²) in [6, 6.07) is 75.6. The lowest BCUT2D eigenvalue weighted by atomic mass is 9.70. The summed E-state index contributed by atoms with van der Waals surface area (Å²) < 4.78 is 6.20. The molecular weight excluding hydrogens is 755 g/mol. The van der Waals surface area contributed by atoms with E-state index >= 15 is 0 Å². The van der Waals surface area contributed by atoms with Gasteiger partial charge >= 0.3 is 0 Å². The van der Waals surface area contributed by atoms with Crippen LogP contribution in [-0.4, -0.2) is 15.0 Å². The molecule has 0 N–H and O–H groups in total. The van der Waals surface area contributed by atoms with E-state index in [1.807, 2.05) is 30.3 Å². The summed E-state index contributed by atoms with van der Waals surface area (Å²) in [6.45, 7) is 0. The molecule has 2 aromatic heterocycles. The first-order valence-electron chi connectivity index (χ1n) is 21.1. The average molecular weight is 790 g/mol. The lowest BCUT2D eigenvalue weighted by Gasteiger charge is -2.30. The third-order valence-corrected chi connectivity index (χ3v) is 13.0. The fraction of sp³-hybridized carbons (Fsp3) is 0.0172. The molecule has 0 saturated heterocycles. The summed E-state index contributed by atoms with van der Waals surface area (Å²) in [5.41, 5.74) is 18.8. The van der Waals surface area contributed by atoms with Gasteiger partial charge in [0.2, 0.25) is 0 Å². The van der Waals surface area contributed by atoms with Crippen LogP contribution in [0.3, 0.4) is 0 Å². The lowest BCUT2D eigenvalue weighted by Crippen LogP contribution is -2.25. The molecular formula is C58H35N3O. The first-order valence-corrected chi connectivity index (χ1v) is 21.1. The van der Waals surface area contributed by atoms with Gasteiger partial charge in [-0.05, 0) is 91.0 Å². The molecule has 0 fully saturated rings. The van der Waals surface area contributed by atoms with Gasteiger partial charge in [0.05, 0.1) is 5.41 Å². The molecule has 0 saturated carbocycles. The van der Waals surface area contributed by atoms with Gasteiger partial charge in [-0.15, -0.1) is 0 Å². The van der Waals surface area contributed by atoms with Crippen LogP contribution < -0.4 is 0 Å². The van der Waals surface area contributed by atoms with E-state index in [0.717, 1.165) is 60.9 Å². The molecule has 0 amide bonds. The number of aromatic nitrogens is 3. The molecule has 0 aliphatic heterocycles. The quantitative estimate of drug-likeness (QED) is 0.174. The van der Waals surface area contributed by atoms with Crippen molar-refractivity contribution >= 4 is 21.9 Å². The topological polar surface area (TPSA) is 51.8 Å². The summed E-state index contributed by atoms with van der Waals surface area (Å²) in [5, 5.41) is 2.17. The van der Waals surface area contributed by atoms with Gasteiger partial charge in [0, 0.05) is 27.5 Å². The van der Waals surface area contributed by atoms with E-state index < -0.39 is 5.41 Å². The van der Waals surface area contributed by atoms with Gasteiger partial charge in [-0.3, -0.25) is 0 Å². The highest BCUT2D eigenvalue weighted by molar-refractivity contribution is 6.07. The minimum absolute atomic E-state index is 0.395. The van der Waals surface area contributed by atoms with E-state index in [0.29, 0.717) is 17.5 Å². The van der Waals surface area contributed by atoms with E-state index in [1.165, 1.54) is 44.5 Å². The highest BCUT2D eigenvalue weighted by Crippen LogP contribution is 2.63. The molecule has 0 unspecified atom stereocenters. The molecule has 9 aromatic carbocycles. The second-order valence-corrected chi connectivity index (χ2v) is 16.2. The van der Waals surface area contributed by atoms with E-state index in [9.17, 15) is 0 Å². The number of furan rings is 1. The Morgan fingerprint density at radius 3 is 1.34 bits per heavy atom. The molecule has 288 valence electrons. The van der Waals surface area contributed by atoms with Crippen LogP contribution >= 0.6 is 0 Å². The molecule has 0 radical (unpaired) electrons. The van der Waals surface area contributed by atoms with Crippen molar-refractivity contribution < 1.29 is 4.42 Å². The molecule has 62 heavy (non-hydrogen) atoms.